The van der Waals surface area contributed by atoms with Gasteiger partial charge in [0, 0.05) is 17.6 Å². The van der Waals surface area contributed by atoms with Crippen LogP contribution in [0.15, 0.2) is 24.3 Å². The Kier molecular flexibility index (Phi) is 4.10. The van der Waals surface area contributed by atoms with Crippen LogP contribution in [0.5, 0.6) is 5.75 Å². The van der Waals surface area contributed by atoms with Crippen molar-refractivity contribution < 1.29 is 9.53 Å². The van der Waals surface area contributed by atoms with E-state index in [1.54, 1.807) is 0 Å². The van der Waals surface area contributed by atoms with Crippen LogP contribution in [-0.2, 0) is 11.3 Å². The second-order valence-corrected chi connectivity index (χ2v) is 5.88. The molecule has 1 heterocycles. The fourth-order valence-corrected chi connectivity index (χ4v) is 1.99. The number of carbonyl (C=O) groups excluding carboxylic acids is 1. The zero-order chi connectivity index (χ0) is 13.9. The fraction of sp³-hybridized carbons (Fsp3) is 0.533. The first-order valence-corrected chi connectivity index (χ1v) is 6.69. The molecule has 0 aromatic heterocycles. The Labute approximate surface area is 114 Å². The Morgan fingerprint density at radius 2 is 2.11 bits per heavy atom. The summed E-state index contributed by atoms with van der Waals surface area (Å²) in [5, 5.41) is 3.23. The molecule has 104 valence electrons. The van der Waals surface area contributed by atoms with E-state index in [9.17, 15) is 4.79 Å². The lowest BCUT2D eigenvalue weighted by molar-refractivity contribution is -0.131. The van der Waals surface area contributed by atoms with Crippen molar-refractivity contribution in [3.05, 3.63) is 29.8 Å². The molecule has 0 fully saturated rings. The second-order valence-electron chi connectivity index (χ2n) is 5.88. The monoisotopic (exact) mass is 262 g/mol. The molecule has 1 aliphatic rings. The molecule has 0 saturated heterocycles. The Bertz CT molecular complexity index is 452. The van der Waals surface area contributed by atoms with Gasteiger partial charge in [0.25, 0.3) is 0 Å². The number of nitrogens with one attached hydrogen (secondary N) is 1. The van der Waals surface area contributed by atoms with Crippen LogP contribution in [0.2, 0.25) is 0 Å². The van der Waals surface area contributed by atoms with Gasteiger partial charge in [-0.05, 0) is 26.8 Å². The zero-order valence-corrected chi connectivity index (χ0v) is 11.9. The normalized spacial score (nSPS) is 15.4. The molecule has 0 radical (unpaired) electrons. The van der Waals surface area contributed by atoms with Crippen molar-refractivity contribution in [1.82, 2.24) is 10.2 Å². The molecule has 0 saturated carbocycles. The van der Waals surface area contributed by atoms with E-state index in [2.05, 4.69) is 26.1 Å². The molecule has 1 aromatic rings. The number of ether oxygens (including phenoxy) is 1. The van der Waals surface area contributed by atoms with Crippen LogP contribution in [0.3, 0.4) is 0 Å². The quantitative estimate of drug-likeness (QED) is 0.883. The molecule has 0 bridgehead atoms. The third-order valence-corrected chi connectivity index (χ3v) is 3.08. The zero-order valence-electron chi connectivity index (χ0n) is 11.9. The highest BCUT2D eigenvalue weighted by molar-refractivity contribution is 5.78. The fourth-order valence-electron chi connectivity index (χ4n) is 1.99. The minimum Gasteiger partial charge on any atom is -0.491 e. The Hall–Kier alpha value is -1.55. The van der Waals surface area contributed by atoms with E-state index in [1.807, 2.05) is 29.2 Å². The standard InChI is InChI=1S/C15H22N2O2/c1-15(2,3)16-10-14(18)17-8-9-19-13-7-5-4-6-12(13)11-17/h4-7,16H,8-11H2,1-3H3. The van der Waals surface area contributed by atoms with Crippen molar-refractivity contribution >= 4 is 5.91 Å². The molecule has 2 rings (SSSR count). The van der Waals surface area contributed by atoms with Crippen molar-refractivity contribution in [3.8, 4) is 5.75 Å². The summed E-state index contributed by atoms with van der Waals surface area (Å²) in [4.78, 5) is 14.1. The smallest absolute Gasteiger partial charge is 0.236 e. The molecule has 0 unspecified atom stereocenters. The van der Waals surface area contributed by atoms with Gasteiger partial charge < -0.3 is 15.0 Å². The van der Waals surface area contributed by atoms with Gasteiger partial charge >= 0.3 is 0 Å². The number of rotatable bonds is 2. The maximum atomic E-state index is 12.2. The predicted molar refractivity (Wildman–Crippen MR) is 75.1 cm³/mol. The first-order chi connectivity index (χ1) is 8.96. The minimum absolute atomic E-state index is 0.0457. The first kappa shape index (κ1) is 13.9. The molecule has 1 N–H and O–H groups in total. The second kappa shape index (κ2) is 5.61. The third-order valence-electron chi connectivity index (χ3n) is 3.08. The average molecular weight is 262 g/mol. The Balaban J connectivity index is 2.00. The summed E-state index contributed by atoms with van der Waals surface area (Å²) in [7, 11) is 0. The van der Waals surface area contributed by atoms with E-state index in [1.165, 1.54) is 0 Å². The van der Waals surface area contributed by atoms with Gasteiger partial charge in [0.05, 0.1) is 13.1 Å². The summed E-state index contributed by atoms with van der Waals surface area (Å²) in [6.07, 6.45) is 0. The Morgan fingerprint density at radius 3 is 2.84 bits per heavy atom. The van der Waals surface area contributed by atoms with Crippen LogP contribution >= 0.6 is 0 Å². The van der Waals surface area contributed by atoms with Crippen molar-refractivity contribution in [1.29, 1.82) is 0 Å². The molecule has 0 atom stereocenters. The van der Waals surface area contributed by atoms with Crippen LogP contribution in [0.25, 0.3) is 0 Å². The third kappa shape index (κ3) is 3.96. The number of carbonyl (C=O) groups is 1. The molecule has 19 heavy (non-hydrogen) atoms. The van der Waals surface area contributed by atoms with Crippen molar-refractivity contribution in [3.63, 3.8) is 0 Å². The number of nitrogens with zero attached hydrogens (tertiary/aromatic N) is 1. The van der Waals surface area contributed by atoms with Gasteiger partial charge in [-0.3, -0.25) is 4.79 Å². The highest BCUT2D eigenvalue weighted by Gasteiger charge is 2.20. The van der Waals surface area contributed by atoms with Gasteiger partial charge in [0.1, 0.15) is 12.4 Å². The highest BCUT2D eigenvalue weighted by atomic mass is 16.5. The first-order valence-electron chi connectivity index (χ1n) is 6.69. The molecule has 1 aromatic carbocycles. The number of hydrogen-bond acceptors (Lipinski definition) is 3. The number of fused-ring (bicyclic) bond motifs is 1. The number of para-hydroxylation sites is 1. The van der Waals surface area contributed by atoms with Crippen LogP contribution in [-0.4, -0.2) is 36.0 Å². The van der Waals surface area contributed by atoms with E-state index < -0.39 is 0 Å². The largest absolute Gasteiger partial charge is 0.491 e. The van der Waals surface area contributed by atoms with Crippen molar-refractivity contribution in [2.45, 2.75) is 32.9 Å². The number of hydrogen-bond donors (Lipinski definition) is 1. The van der Waals surface area contributed by atoms with E-state index in [0.29, 0.717) is 26.2 Å². The van der Waals surface area contributed by atoms with Crippen molar-refractivity contribution in [2.24, 2.45) is 0 Å². The maximum absolute atomic E-state index is 12.2. The van der Waals surface area contributed by atoms with E-state index in [-0.39, 0.29) is 11.4 Å². The molecular weight excluding hydrogens is 240 g/mol. The summed E-state index contributed by atoms with van der Waals surface area (Å²) in [5.74, 6) is 1.01. The topological polar surface area (TPSA) is 41.6 Å². The lowest BCUT2D eigenvalue weighted by Gasteiger charge is -2.24. The summed E-state index contributed by atoms with van der Waals surface area (Å²) >= 11 is 0. The van der Waals surface area contributed by atoms with Crippen LogP contribution in [0.4, 0.5) is 0 Å². The summed E-state index contributed by atoms with van der Waals surface area (Å²) in [6.45, 7) is 8.35. The molecular formula is C15H22N2O2. The SMILES string of the molecule is CC(C)(C)NCC(=O)N1CCOc2ccccc2C1. The van der Waals surface area contributed by atoms with E-state index in [0.717, 1.165) is 11.3 Å². The molecule has 0 spiro atoms. The summed E-state index contributed by atoms with van der Waals surface area (Å²) in [6, 6.07) is 7.90. The average Bonchev–Trinajstić information content (AvgIpc) is 2.57. The maximum Gasteiger partial charge on any atom is 0.236 e. The van der Waals surface area contributed by atoms with Crippen molar-refractivity contribution in [2.75, 3.05) is 19.7 Å². The van der Waals surface area contributed by atoms with Gasteiger partial charge in [-0.1, -0.05) is 18.2 Å². The predicted octanol–water partition coefficient (Wildman–Crippen LogP) is 1.80. The highest BCUT2D eigenvalue weighted by Crippen LogP contribution is 2.22. The Morgan fingerprint density at radius 1 is 1.37 bits per heavy atom. The number of amides is 1. The van der Waals surface area contributed by atoms with E-state index in [4.69, 9.17) is 4.74 Å². The van der Waals surface area contributed by atoms with Gasteiger partial charge in [-0.25, -0.2) is 0 Å². The molecule has 4 nitrogen and oxygen atoms in total. The summed E-state index contributed by atoms with van der Waals surface area (Å²) < 4.78 is 5.66. The van der Waals surface area contributed by atoms with E-state index >= 15 is 0 Å². The van der Waals surface area contributed by atoms with Crippen LogP contribution in [0.1, 0.15) is 26.3 Å². The van der Waals surface area contributed by atoms with Crippen LogP contribution in [0, 0.1) is 0 Å². The lowest BCUT2D eigenvalue weighted by atomic mass is 10.1. The minimum atomic E-state index is -0.0457. The molecule has 1 aliphatic heterocycles. The molecule has 4 heteroatoms. The van der Waals surface area contributed by atoms with Gasteiger partial charge in [-0.2, -0.15) is 0 Å². The van der Waals surface area contributed by atoms with Gasteiger partial charge in [-0.15, -0.1) is 0 Å². The molecule has 0 aliphatic carbocycles. The van der Waals surface area contributed by atoms with Gasteiger partial charge in [0.15, 0.2) is 0 Å². The molecule has 1 amide bonds. The number of benzene rings is 1. The van der Waals surface area contributed by atoms with Crippen LogP contribution < -0.4 is 10.1 Å². The van der Waals surface area contributed by atoms with Gasteiger partial charge in [0.2, 0.25) is 5.91 Å². The lowest BCUT2D eigenvalue weighted by Crippen LogP contribution is -2.45. The summed E-state index contributed by atoms with van der Waals surface area (Å²) in [5.41, 5.74) is 1.03.